The van der Waals surface area contributed by atoms with Crippen LogP contribution in [0.4, 0.5) is 0 Å². The molecule has 0 radical (unpaired) electrons. The number of hydrogen-bond acceptors (Lipinski definition) is 1. The monoisotopic (exact) mass is 253 g/mol. The standard InChI is InChI=1S/C6H15N.H12Si5/c1-5(2)7-6(3)4;1-3-5-4-2/h5-7H,1-4H3;3-5H2,1-2H3. The lowest BCUT2D eigenvalue weighted by Gasteiger charge is -2.10. The van der Waals surface area contributed by atoms with Gasteiger partial charge in [0.05, 0.1) is 0 Å². The van der Waals surface area contributed by atoms with Crippen LogP contribution in [0, 0.1) is 0 Å². The van der Waals surface area contributed by atoms with Gasteiger partial charge in [0, 0.05) is 12.1 Å². The summed E-state index contributed by atoms with van der Waals surface area (Å²) in [5.41, 5.74) is 0. The fraction of sp³-hybridized carbons (Fsp3) is 1.00. The zero-order valence-electron chi connectivity index (χ0n) is 9.78. The normalized spacial score (nSPS) is 13.5. The quantitative estimate of drug-likeness (QED) is 0.509. The Hall–Kier alpha value is 1.04. The fourth-order valence-corrected chi connectivity index (χ4v) is 86.6. The van der Waals surface area contributed by atoms with E-state index in [9.17, 15) is 0 Å². The maximum absolute atomic E-state index is 3.31. The summed E-state index contributed by atoms with van der Waals surface area (Å²) in [5.74, 6) is 0. The van der Waals surface area contributed by atoms with Crippen LogP contribution in [0.25, 0.3) is 0 Å². The second-order valence-corrected chi connectivity index (χ2v) is 39.0. The molecule has 1 nitrogen and oxygen atoms in total. The minimum absolute atomic E-state index is 0.625. The van der Waals surface area contributed by atoms with Gasteiger partial charge in [-0.05, 0) is 45.2 Å². The first kappa shape index (κ1) is 15.5. The number of rotatable bonds is 4. The molecule has 0 heterocycles. The van der Waals surface area contributed by atoms with Crippen molar-refractivity contribution in [3.8, 4) is 0 Å². The lowest BCUT2D eigenvalue weighted by atomic mass is 10.3. The summed E-state index contributed by atoms with van der Waals surface area (Å²) < 4.78 is 0. The second-order valence-electron chi connectivity index (χ2n) is 3.83. The van der Waals surface area contributed by atoms with Gasteiger partial charge < -0.3 is 5.32 Å². The Morgan fingerprint density at radius 1 is 0.917 bits per heavy atom. The lowest BCUT2D eigenvalue weighted by molar-refractivity contribution is 0.518. The van der Waals surface area contributed by atoms with Crippen LogP contribution in [0.2, 0.25) is 0 Å². The minimum atomic E-state index is 0.625. The Kier molecular flexibility index (Phi) is 15.6. The van der Waals surface area contributed by atoms with Gasteiger partial charge in [-0.2, -0.15) is 0 Å². The van der Waals surface area contributed by atoms with Gasteiger partial charge in [0.2, 0.25) is 0 Å². The molecule has 0 aliphatic carbocycles. The smallest absolute Gasteiger partial charge is 0.00127 e. The summed E-state index contributed by atoms with van der Waals surface area (Å²) in [5, 5.41) is 3.31. The van der Waals surface area contributed by atoms with E-state index in [4.69, 9.17) is 0 Å². The van der Waals surface area contributed by atoms with Crippen LogP contribution in [-0.4, -0.2) is 57.3 Å². The van der Waals surface area contributed by atoms with Crippen molar-refractivity contribution >= 4 is 45.2 Å². The Labute approximate surface area is 90.3 Å². The molecule has 0 aromatic carbocycles. The van der Waals surface area contributed by atoms with Crippen molar-refractivity contribution in [2.24, 2.45) is 0 Å². The van der Waals surface area contributed by atoms with Crippen molar-refractivity contribution in [3.63, 3.8) is 0 Å². The topological polar surface area (TPSA) is 12.0 Å². The molecule has 0 aliphatic heterocycles. The van der Waals surface area contributed by atoms with Gasteiger partial charge in [0.25, 0.3) is 0 Å². The summed E-state index contributed by atoms with van der Waals surface area (Å²) in [4.78, 5) is 0. The summed E-state index contributed by atoms with van der Waals surface area (Å²) in [6.45, 7) is 8.61. The maximum Gasteiger partial charge on any atom is 0.00127 e. The average Bonchev–Trinajstić information content (AvgIpc) is 1.87. The zero-order valence-corrected chi connectivity index (χ0v) is 18.0. The van der Waals surface area contributed by atoms with Crippen LogP contribution in [0.5, 0.6) is 0 Å². The van der Waals surface area contributed by atoms with E-state index in [0.29, 0.717) is 12.1 Å². The Balaban J connectivity index is 0. The first-order valence-corrected chi connectivity index (χ1v) is 24.6. The van der Waals surface area contributed by atoms with Gasteiger partial charge in [-0.3, -0.25) is 0 Å². The van der Waals surface area contributed by atoms with Gasteiger partial charge in [0.15, 0.2) is 0 Å². The summed E-state index contributed by atoms with van der Waals surface area (Å²) in [6.07, 6.45) is 0. The largest absolute Gasteiger partial charge is 0.312 e. The highest BCUT2D eigenvalue weighted by atomic mass is 29.8. The maximum atomic E-state index is 3.31. The fourth-order valence-electron chi connectivity index (χ4n) is 1.02. The van der Waals surface area contributed by atoms with E-state index in [1.54, 1.807) is 19.5 Å². The van der Waals surface area contributed by atoms with Crippen molar-refractivity contribution in [2.45, 2.75) is 39.8 Å². The van der Waals surface area contributed by atoms with Crippen molar-refractivity contribution in [1.29, 1.82) is 0 Å². The number of hydrogen-bond donors (Lipinski definition) is 1. The van der Waals surface area contributed by atoms with Crippen LogP contribution >= 0.6 is 0 Å². The molecule has 12 heavy (non-hydrogen) atoms. The molecule has 0 aromatic rings. The van der Waals surface area contributed by atoms with Crippen molar-refractivity contribution in [2.75, 3.05) is 0 Å². The molecular weight excluding hydrogens is 227 g/mol. The highest BCUT2D eigenvalue weighted by molar-refractivity contribution is 7.49. The van der Waals surface area contributed by atoms with Crippen LogP contribution in [0.3, 0.4) is 0 Å². The molecule has 0 saturated heterocycles. The average molecular weight is 254 g/mol. The molecule has 0 atom stereocenters. The highest BCUT2D eigenvalue weighted by Gasteiger charge is 1.92. The molecule has 0 bridgehead atoms. The third kappa shape index (κ3) is 22.5. The molecule has 0 spiro atoms. The van der Waals surface area contributed by atoms with Gasteiger partial charge in [0.1, 0.15) is 0 Å². The van der Waals surface area contributed by atoms with E-state index in [0.717, 1.165) is 25.7 Å². The van der Waals surface area contributed by atoms with E-state index >= 15 is 0 Å². The molecule has 0 unspecified atom stereocenters. The molecule has 0 aliphatic rings. The molecule has 76 valence electrons. The summed E-state index contributed by atoms with van der Waals surface area (Å²) >= 11 is 0. The van der Waals surface area contributed by atoms with E-state index < -0.39 is 0 Å². The van der Waals surface area contributed by atoms with E-state index in [-0.39, 0.29) is 0 Å². The van der Waals surface area contributed by atoms with Crippen molar-refractivity contribution < 1.29 is 0 Å². The van der Waals surface area contributed by atoms with E-state index in [1.807, 2.05) is 0 Å². The van der Waals surface area contributed by atoms with Crippen LogP contribution < -0.4 is 5.32 Å². The molecular formula is C6H27NSi5. The van der Waals surface area contributed by atoms with E-state index in [1.165, 1.54) is 0 Å². The third-order valence-electron chi connectivity index (χ3n) is 1.37. The van der Waals surface area contributed by atoms with Crippen LogP contribution in [0.1, 0.15) is 27.7 Å². The Morgan fingerprint density at radius 2 is 1.25 bits per heavy atom. The Bertz CT molecular complexity index is 70.3. The second kappa shape index (κ2) is 12.0. The van der Waals surface area contributed by atoms with Gasteiger partial charge in [-0.1, -0.05) is 27.7 Å². The Morgan fingerprint density at radius 3 is 1.25 bits per heavy atom. The van der Waals surface area contributed by atoms with E-state index in [2.05, 4.69) is 33.0 Å². The SMILES string of the molecule is CC(C)NC(C)C.[SiH3][SiH2][SiH2][SiH2][SiH3]. The molecule has 0 saturated carbocycles. The minimum Gasteiger partial charge on any atom is -0.312 e. The van der Waals surface area contributed by atoms with Gasteiger partial charge >= 0.3 is 0 Å². The van der Waals surface area contributed by atoms with Gasteiger partial charge in [-0.25, -0.2) is 0 Å². The van der Waals surface area contributed by atoms with Crippen LogP contribution in [0.15, 0.2) is 0 Å². The predicted molar refractivity (Wildman–Crippen MR) is 78.9 cm³/mol. The zero-order chi connectivity index (χ0) is 9.98. The first-order chi connectivity index (χ1) is 5.54. The third-order valence-corrected chi connectivity index (χ3v) is 57.9. The highest BCUT2D eigenvalue weighted by Crippen LogP contribution is 1.80. The van der Waals surface area contributed by atoms with Crippen molar-refractivity contribution in [1.82, 2.24) is 5.32 Å². The molecule has 0 aromatic heterocycles. The lowest BCUT2D eigenvalue weighted by Crippen LogP contribution is -2.29. The molecule has 0 amide bonds. The molecule has 1 N–H and O–H groups in total. The van der Waals surface area contributed by atoms with Crippen molar-refractivity contribution in [3.05, 3.63) is 0 Å². The summed E-state index contributed by atoms with van der Waals surface area (Å²) in [7, 11) is 5.72. The molecule has 0 rings (SSSR count). The molecule has 6 heteroatoms. The first-order valence-electron chi connectivity index (χ1n) is 5.30. The molecule has 0 fully saturated rings. The van der Waals surface area contributed by atoms with Crippen LogP contribution in [-0.2, 0) is 0 Å². The summed E-state index contributed by atoms with van der Waals surface area (Å²) in [6, 6.07) is 1.25. The predicted octanol–water partition coefficient (Wildman–Crippen LogP) is -3.72. The van der Waals surface area contributed by atoms with Gasteiger partial charge in [-0.15, -0.1) is 0 Å². The number of nitrogens with one attached hydrogen (secondary N) is 1.